The molecule has 2 aliphatic rings. The van der Waals surface area contributed by atoms with E-state index >= 15 is 0 Å². The van der Waals surface area contributed by atoms with E-state index in [9.17, 15) is 30.1 Å². The molecule has 2 aliphatic heterocycles. The minimum absolute atomic E-state index is 0.0452. The van der Waals surface area contributed by atoms with Crippen LogP contribution in [0.5, 0.6) is 0 Å². The summed E-state index contributed by atoms with van der Waals surface area (Å²) in [4.78, 5) is 38.8. The van der Waals surface area contributed by atoms with E-state index in [1.807, 2.05) is 0 Å². The molecule has 0 saturated heterocycles. The van der Waals surface area contributed by atoms with Crippen LogP contribution in [0.1, 0.15) is 17.5 Å². The van der Waals surface area contributed by atoms with Crippen LogP contribution in [0.4, 0.5) is 17.1 Å². The van der Waals surface area contributed by atoms with Gasteiger partial charge in [0.15, 0.2) is 5.54 Å². The summed E-state index contributed by atoms with van der Waals surface area (Å²) in [6, 6.07) is 8.99. The second-order valence-corrected chi connectivity index (χ2v) is 7.70. The van der Waals surface area contributed by atoms with Gasteiger partial charge in [0.1, 0.15) is 5.60 Å². The zero-order valence-electron chi connectivity index (χ0n) is 15.7. The van der Waals surface area contributed by atoms with E-state index in [0.717, 1.165) is 18.2 Å². The summed E-state index contributed by atoms with van der Waals surface area (Å²) in [5.74, 6) is -0.622. The second kappa shape index (κ2) is 7.89. The van der Waals surface area contributed by atoms with Gasteiger partial charge in [-0.3, -0.25) is 20.2 Å². The van der Waals surface area contributed by atoms with Crippen molar-refractivity contribution in [3.05, 3.63) is 73.8 Å². The summed E-state index contributed by atoms with van der Waals surface area (Å²) < 4.78 is 0. The number of aliphatic hydroxyl groups is 1. The number of thioether (sulfide) groups is 1. The fourth-order valence-corrected chi connectivity index (χ4v) is 3.93. The Hall–Kier alpha value is -3.22. The van der Waals surface area contributed by atoms with Gasteiger partial charge >= 0.3 is 17.3 Å². The molecule has 2 aromatic carbocycles. The Morgan fingerprint density at radius 3 is 2.27 bits per heavy atom. The third-order valence-corrected chi connectivity index (χ3v) is 5.67. The van der Waals surface area contributed by atoms with Gasteiger partial charge in [-0.2, -0.15) is 11.8 Å². The van der Waals surface area contributed by atoms with Crippen LogP contribution >= 0.6 is 11.8 Å². The summed E-state index contributed by atoms with van der Waals surface area (Å²) in [5.41, 5.74) is 3.48. The molecule has 2 bridgehead atoms. The minimum atomic E-state index is -2.27. The molecule has 0 radical (unpaired) electrons. The molecular weight excluding hydrogens is 416 g/mol. The van der Waals surface area contributed by atoms with Crippen molar-refractivity contribution < 1.29 is 24.6 Å². The topological polar surface area (TPSA) is 171 Å². The predicted octanol–water partition coefficient (Wildman–Crippen LogP) is 2.07. The van der Waals surface area contributed by atoms with E-state index < -0.39 is 38.3 Å². The smallest absolute Gasteiger partial charge is 0.355 e. The van der Waals surface area contributed by atoms with Gasteiger partial charge in [-0.15, -0.1) is 0 Å². The zero-order valence-corrected chi connectivity index (χ0v) is 16.5. The van der Waals surface area contributed by atoms with Crippen molar-refractivity contribution in [2.24, 2.45) is 5.73 Å². The normalized spacial score (nSPS) is 23.0. The lowest BCUT2D eigenvalue weighted by Crippen LogP contribution is -2.65. The van der Waals surface area contributed by atoms with Gasteiger partial charge in [0, 0.05) is 12.1 Å². The minimum Gasteiger partial charge on any atom is -0.378 e. The summed E-state index contributed by atoms with van der Waals surface area (Å²) in [6.45, 7) is 0. The molecule has 2 atom stereocenters. The number of nitrogens with zero attached hydrogens (tertiary/aromatic N) is 2. The first-order valence-corrected chi connectivity index (χ1v) is 10.1. The fraction of sp³-hybridized carbons (Fsp3) is 0.278. The highest BCUT2D eigenvalue weighted by Crippen LogP contribution is 2.44. The highest BCUT2D eigenvalue weighted by Gasteiger charge is 2.57. The molecule has 158 valence electrons. The number of carbonyl (C=O) groups is 1. The van der Waals surface area contributed by atoms with Gasteiger partial charge in [-0.05, 0) is 47.8 Å². The van der Waals surface area contributed by atoms with Gasteiger partial charge < -0.3 is 15.7 Å². The van der Waals surface area contributed by atoms with Crippen LogP contribution in [0.3, 0.4) is 0 Å². The number of benzene rings is 2. The SMILES string of the molecule is CSCCC1(N)C(=O)ONc2ccc(cc2)C1(O)c1ccc([N+](=O)[O-])c([N+](=O)[O-])c1. The molecule has 30 heavy (non-hydrogen) atoms. The Balaban J connectivity index is 2.32. The molecule has 0 saturated carbocycles. The van der Waals surface area contributed by atoms with E-state index in [1.165, 1.54) is 36.0 Å². The quantitative estimate of drug-likeness (QED) is 0.451. The third kappa shape index (κ3) is 3.34. The number of nitro benzene ring substituents is 2. The predicted molar refractivity (Wildman–Crippen MR) is 109 cm³/mol. The van der Waals surface area contributed by atoms with E-state index in [4.69, 9.17) is 10.6 Å². The summed E-state index contributed by atoms with van der Waals surface area (Å²) >= 11 is 1.38. The highest BCUT2D eigenvalue weighted by molar-refractivity contribution is 7.98. The number of rotatable bonds is 6. The van der Waals surface area contributed by atoms with Crippen molar-refractivity contribution in [2.45, 2.75) is 17.6 Å². The standard InChI is InChI=1S/C18H18N4O7S/c1-30-9-8-17(19)16(23)29-20-13-5-2-11(3-6-13)18(17,24)12-4-7-14(21(25)26)15(10-12)22(27)28/h2-7,10,20,24H,8-9,19H2,1H3. The Kier molecular flexibility index (Phi) is 5.65. The Labute approximate surface area is 174 Å². The van der Waals surface area contributed by atoms with Gasteiger partial charge in [0.25, 0.3) is 0 Å². The number of hydrogen-bond acceptors (Lipinski definition) is 10. The van der Waals surface area contributed by atoms with Crippen molar-refractivity contribution in [3.63, 3.8) is 0 Å². The van der Waals surface area contributed by atoms with Crippen molar-refractivity contribution in [3.8, 4) is 0 Å². The van der Waals surface area contributed by atoms with Crippen LogP contribution in [-0.2, 0) is 15.2 Å². The summed E-state index contributed by atoms with van der Waals surface area (Å²) in [5, 5.41) is 34.5. The number of carbonyl (C=O) groups excluding carboxylic acids is 1. The number of anilines is 1. The Morgan fingerprint density at radius 2 is 1.70 bits per heavy atom. The molecule has 4 N–H and O–H groups in total. The summed E-state index contributed by atoms with van der Waals surface area (Å²) in [7, 11) is 0. The molecule has 0 spiro atoms. The molecule has 2 aromatic rings. The van der Waals surface area contributed by atoms with Crippen LogP contribution < -0.4 is 11.2 Å². The first-order chi connectivity index (χ1) is 14.1. The third-order valence-electron chi connectivity index (χ3n) is 5.06. The van der Waals surface area contributed by atoms with E-state index in [-0.39, 0.29) is 17.5 Å². The molecule has 0 amide bonds. The average molecular weight is 434 g/mol. The van der Waals surface area contributed by atoms with Crippen molar-refractivity contribution in [1.29, 1.82) is 0 Å². The van der Waals surface area contributed by atoms with Gasteiger partial charge in [0.05, 0.1) is 15.5 Å². The van der Waals surface area contributed by atoms with Crippen LogP contribution in [0.2, 0.25) is 0 Å². The molecule has 4 rings (SSSR count). The number of hydrogen-bond donors (Lipinski definition) is 3. The van der Waals surface area contributed by atoms with Crippen LogP contribution in [0.15, 0.2) is 42.5 Å². The fourth-order valence-electron chi connectivity index (χ4n) is 3.40. The lowest BCUT2D eigenvalue weighted by atomic mass is 9.69. The van der Waals surface area contributed by atoms with E-state index in [0.29, 0.717) is 11.4 Å². The molecule has 2 unspecified atom stereocenters. The number of nitrogens with two attached hydrogens (primary N) is 1. The monoisotopic (exact) mass is 434 g/mol. The maximum absolute atomic E-state index is 12.9. The first kappa shape index (κ1) is 21.5. The average Bonchev–Trinajstić information content (AvgIpc) is 2.79. The second-order valence-electron chi connectivity index (χ2n) is 6.71. The van der Waals surface area contributed by atoms with Crippen molar-refractivity contribution in [1.82, 2.24) is 0 Å². The highest BCUT2D eigenvalue weighted by atomic mass is 32.2. The van der Waals surface area contributed by atoms with Crippen LogP contribution in [-0.4, -0.2) is 38.5 Å². The zero-order chi connectivity index (χ0) is 22.1. The van der Waals surface area contributed by atoms with Crippen LogP contribution in [0, 0.1) is 20.2 Å². The number of fused-ring (bicyclic) bond motifs is 6. The lowest BCUT2D eigenvalue weighted by molar-refractivity contribution is -0.422. The maximum Gasteiger partial charge on any atom is 0.355 e. The van der Waals surface area contributed by atoms with Crippen molar-refractivity contribution in [2.75, 3.05) is 17.5 Å². The molecule has 0 aliphatic carbocycles. The molecular formula is C18H18N4O7S. The first-order valence-electron chi connectivity index (χ1n) is 8.66. The van der Waals surface area contributed by atoms with Crippen LogP contribution in [0.25, 0.3) is 0 Å². The van der Waals surface area contributed by atoms with Gasteiger partial charge in [0.2, 0.25) is 0 Å². The molecule has 2 heterocycles. The van der Waals surface area contributed by atoms with E-state index in [2.05, 4.69) is 5.48 Å². The Morgan fingerprint density at radius 1 is 1.10 bits per heavy atom. The molecule has 0 fully saturated rings. The lowest BCUT2D eigenvalue weighted by Gasteiger charge is -2.42. The molecule has 11 nitrogen and oxygen atoms in total. The largest absolute Gasteiger partial charge is 0.378 e. The molecule has 0 aromatic heterocycles. The Bertz CT molecular complexity index is 1020. The number of nitrogens with one attached hydrogen (secondary N) is 1. The van der Waals surface area contributed by atoms with Crippen molar-refractivity contribution >= 4 is 34.8 Å². The van der Waals surface area contributed by atoms with E-state index in [1.54, 1.807) is 6.26 Å². The number of nitro groups is 2. The maximum atomic E-state index is 12.9. The van der Waals surface area contributed by atoms with Gasteiger partial charge in [-0.1, -0.05) is 12.1 Å². The van der Waals surface area contributed by atoms with Gasteiger partial charge in [-0.25, -0.2) is 10.3 Å². The summed E-state index contributed by atoms with van der Waals surface area (Å²) in [6.07, 6.45) is 1.74. The molecule has 12 heteroatoms.